The van der Waals surface area contributed by atoms with Crippen LogP contribution in [0.4, 0.5) is 0 Å². The number of nitrogens with zero attached hydrogens (tertiary/aromatic N) is 1. The van der Waals surface area contributed by atoms with Gasteiger partial charge in [-0.1, -0.05) is 84.6 Å². The van der Waals surface area contributed by atoms with Crippen molar-refractivity contribution in [1.82, 2.24) is 4.57 Å². The lowest BCUT2D eigenvalue weighted by Crippen LogP contribution is -2.15. The Balaban J connectivity index is 1.18. The van der Waals surface area contributed by atoms with E-state index in [-0.39, 0.29) is 5.92 Å². The van der Waals surface area contributed by atoms with Crippen molar-refractivity contribution in [3.8, 4) is 16.8 Å². The second-order valence-electron chi connectivity index (χ2n) is 16.8. The minimum absolute atomic E-state index is 0.0922. The molecule has 9 aromatic rings. The fraction of sp³-hybridized carbons (Fsp3) is 0.200. The van der Waals surface area contributed by atoms with Crippen LogP contribution in [0.5, 0.6) is 0 Å². The molecule has 0 radical (unpaired) electrons. The molecule has 0 saturated carbocycles. The van der Waals surface area contributed by atoms with Crippen LogP contribution < -0.4 is 0 Å². The van der Waals surface area contributed by atoms with Crippen LogP contribution in [0.25, 0.3) is 60.2 Å². The van der Waals surface area contributed by atoms with Gasteiger partial charge < -0.3 is 4.57 Å². The summed E-state index contributed by atoms with van der Waals surface area (Å²) in [6.07, 6.45) is 0. The number of para-hydroxylation sites is 2. The number of rotatable bonds is 3. The van der Waals surface area contributed by atoms with Crippen LogP contribution in [0.1, 0.15) is 78.2 Å². The summed E-state index contributed by atoms with van der Waals surface area (Å²) in [6, 6.07) is 41.2. The Hall–Kier alpha value is -5.57. The molecule has 2 heteroatoms. The molecule has 0 spiro atoms. The van der Waals surface area contributed by atoms with Crippen LogP contribution in [-0.2, 0) is 0 Å². The average molecular weight is 756 g/mol. The van der Waals surface area contributed by atoms with Gasteiger partial charge in [0, 0.05) is 32.2 Å². The van der Waals surface area contributed by atoms with Crippen molar-refractivity contribution in [2.75, 3.05) is 0 Å². The molecule has 0 atom stereocenters. The molecule has 8 aromatic carbocycles. The van der Waals surface area contributed by atoms with Gasteiger partial charge in [-0.05, 0) is 211 Å². The summed E-state index contributed by atoms with van der Waals surface area (Å²) in [6.45, 7) is 23.3. The lowest BCUT2D eigenvalue weighted by atomic mass is 9.75. The number of hydrogen-bond acceptors (Lipinski definition) is 1. The molecule has 57 heavy (non-hydrogen) atoms. The second-order valence-corrected chi connectivity index (χ2v) is 17.9. The Morgan fingerprint density at radius 3 is 1.23 bits per heavy atom. The van der Waals surface area contributed by atoms with Crippen LogP contribution in [0.15, 0.2) is 119 Å². The first kappa shape index (κ1) is 35.8. The highest BCUT2D eigenvalue weighted by Crippen LogP contribution is 2.56. The first-order valence-electron chi connectivity index (χ1n) is 20.4. The summed E-state index contributed by atoms with van der Waals surface area (Å²) in [5, 5.41) is 8.33. The van der Waals surface area contributed by atoms with E-state index < -0.39 is 0 Å². The fourth-order valence-corrected chi connectivity index (χ4v) is 11.8. The maximum absolute atomic E-state index is 2.49. The van der Waals surface area contributed by atoms with Crippen LogP contribution in [-0.4, -0.2) is 4.57 Å². The zero-order valence-corrected chi connectivity index (χ0v) is 35.6. The third-order valence-electron chi connectivity index (χ3n) is 14.0. The van der Waals surface area contributed by atoms with Gasteiger partial charge in [0.15, 0.2) is 0 Å². The second kappa shape index (κ2) is 13.0. The van der Waals surface area contributed by atoms with Gasteiger partial charge in [-0.3, -0.25) is 0 Å². The largest absolute Gasteiger partial charge is 0.309 e. The lowest BCUT2D eigenvalue weighted by Gasteiger charge is -2.34. The van der Waals surface area contributed by atoms with Gasteiger partial charge in [0.05, 0.1) is 11.0 Å². The predicted molar refractivity (Wildman–Crippen MR) is 247 cm³/mol. The molecule has 280 valence electrons. The van der Waals surface area contributed by atoms with E-state index in [2.05, 4.69) is 183 Å². The third kappa shape index (κ3) is 5.09. The molecular weight excluding hydrogens is 707 g/mol. The van der Waals surface area contributed by atoms with E-state index in [4.69, 9.17) is 0 Å². The Bertz CT molecular complexity index is 3010. The van der Waals surface area contributed by atoms with Gasteiger partial charge >= 0.3 is 0 Å². The molecule has 0 N–H and O–H groups in total. The molecule has 1 aliphatic heterocycles. The Kier molecular flexibility index (Phi) is 8.16. The molecule has 0 fully saturated rings. The van der Waals surface area contributed by atoms with E-state index in [0.717, 1.165) is 0 Å². The summed E-state index contributed by atoms with van der Waals surface area (Å²) in [5.41, 5.74) is 24.5. The van der Waals surface area contributed by atoms with Crippen molar-refractivity contribution in [3.05, 3.63) is 182 Å². The number of hydrogen-bond donors (Lipinski definition) is 0. The minimum Gasteiger partial charge on any atom is -0.309 e. The summed E-state index contributed by atoms with van der Waals surface area (Å²) in [4.78, 5) is 2.79. The van der Waals surface area contributed by atoms with Gasteiger partial charge in [0.2, 0.25) is 0 Å². The van der Waals surface area contributed by atoms with Crippen molar-refractivity contribution in [3.63, 3.8) is 0 Å². The van der Waals surface area contributed by atoms with E-state index in [9.17, 15) is 0 Å². The normalized spacial score (nSPS) is 12.9. The van der Waals surface area contributed by atoms with Gasteiger partial charge in [0.1, 0.15) is 0 Å². The van der Waals surface area contributed by atoms with Crippen molar-refractivity contribution < 1.29 is 0 Å². The standard InChI is InChI=1S/C55H49NS/c1-29-27-47-54(51-37(9)33(5)31(3)35(7)49(29)51)53(55-48(57-47)28-30(2)50-36(8)32(4)34(6)38(10)52(50)55)41-21-19-39(20-22-41)40-23-25-42(26-24-40)56-45-17-13-11-15-43(45)44-16-12-14-18-46(44)56/h11-28,53H,1-10H3. The molecule has 0 saturated heterocycles. The number of aryl methyl sites for hydroxylation is 6. The molecule has 10 rings (SSSR count). The third-order valence-corrected chi connectivity index (χ3v) is 15.1. The number of fused-ring (bicyclic) bond motifs is 9. The molecular formula is C55H49NS. The molecule has 0 amide bonds. The van der Waals surface area contributed by atoms with Gasteiger partial charge in [0.25, 0.3) is 0 Å². The molecule has 1 aliphatic rings. The summed E-state index contributed by atoms with van der Waals surface area (Å²) >= 11 is 1.99. The first-order chi connectivity index (χ1) is 27.5. The zero-order valence-electron chi connectivity index (χ0n) is 34.8. The molecule has 1 aromatic heterocycles. The highest BCUT2D eigenvalue weighted by Gasteiger charge is 2.34. The summed E-state index contributed by atoms with van der Waals surface area (Å²) in [5.74, 6) is 0.0922. The van der Waals surface area contributed by atoms with E-state index in [1.54, 1.807) is 0 Å². The van der Waals surface area contributed by atoms with E-state index in [1.165, 1.54) is 142 Å². The van der Waals surface area contributed by atoms with Gasteiger partial charge in [-0.25, -0.2) is 0 Å². The molecule has 1 nitrogen and oxygen atoms in total. The maximum atomic E-state index is 2.49. The highest BCUT2D eigenvalue weighted by atomic mass is 32.2. The van der Waals surface area contributed by atoms with Crippen molar-refractivity contribution in [2.24, 2.45) is 0 Å². The van der Waals surface area contributed by atoms with E-state index >= 15 is 0 Å². The lowest BCUT2D eigenvalue weighted by molar-refractivity contribution is 0.918. The van der Waals surface area contributed by atoms with Crippen molar-refractivity contribution in [1.29, 1.82) is 0 Å². The zero-order chi connectivity index (χ0) is 39.6. The predicted octanol–water partition coefficient (Wildman–Crippen LogP) is 15.5. The Morgan fingerprint density at radius 2 is 0.789 bits per heavy atom. The fourth-order valence-electron chi connectivity index (χ4n) is 10.4. The van der Waals surface area contributed by atoms with Crippen molar-refractivity contribution >= 4 is 55.1 Å². The first-order valence-corrected chi connectivity index (χ1v) is 21.2. The van der Waals surface area contributed by atoms with E-state index in [1.807, 2.05) is 11.8 Å². The SMILES string of the molecule is Cc1c(C)c(C)c2c3c(cc(C)c2c1C)Sc1cc(C)c2c(C)c(C)c(C)c(C)c2c1C3c1ccc(-c2ccc(-n3c4ccccc4c4ccccc43)cc2)cc1. The maximum Gasteiger partial charge on any atom is 0.0541 e. The summed E-state index contributed by atoms with van der Waals surface area (Å²) < 4.78 is 2.39. The summed E-state index contributed by atoms with van der Waals surface area (Å²) in [7, 11) is 0. The number of aromatic nitrogens is 1. The monoisotopic (exact) mass is 755 g/mol. The molecule has 2 heterocycles. The van der Waals surface area contributed by atoms with Gasteiger partial charge in [-0.15, -0.1) is 0 Å². The topological polar surface area (TPSA) is 4.93 Å². The highest BCUT2D eigenvalue weighted by molar-refractivity contribution is 7.99. The van der Waals surface area contributed by atoms with Crippen LogP contribution in [0.3, 0.4) is 0 Å². The smallest absolute Gasteiger partial charge is 0.0541 e. The van der Waals surface area contributed by atoms with Crippen LogP contribution in [0.2, 0.25) is 0 Å². The average Bonchev–Trinajstić information content (AvgIpc) is 3.56. The van der Waals surface area contributed by atoms with E-state index in [0.29, 0.717) is 0 Å². The number of benzene rings is 8. The van der Waals surface area contributed by atoms with Crippen LogP contribution in [0, 0.1) is 69.2 Å². The van der Waals surface area contributed by atoms with Crippen LogP contribution >= 0.6 is 11.8 Å². The Morgan fingerprint density at radius 1 is 0.404 bits per heavy atom. The molecule has 0 unspecified atom stereocenters. The quantitative estimate of drug-likeness (QED) is 0.174. The van der Waals surface area contributed by atoms with Crippen molar-refractivity contribution in [2.45, 2.75) is 84.9 Å². The Labute approximate surface area is 341 Å². The molecule has 0 bridgehead atoms. The molecule has 0 aliphatic carbocycles. The minimum atomic E-state index is 0.0922. The van der Waals surface area contributed by atoms with Gasteiger partial charge in [-0.2, -0.15) is 0 Å².